The van der Waals surface area contributed by atoms with E-state index in [0.717, 1.165) is 11.1 Å². The maximum Gasteiger partial charge on any atom is 0.323 e. The first kappa shape index (κ1) is 116. The fourth-order valence-electron chi connectivity index (χ4n) is 18.4. The number of carbonyl (C=O) groups excluding carboxylic acids is 14. The Balaban J connectivity index is 0.862. The second-order valence-electron chi connectivity index (χ2n) is 40.3. The Kier molecular flexibility index (Phi) is 46.0. The number of likely N-dealkylation sites (tertiary alicyclic amines) is 3. The smallest absolute Gasteiger partial charge is 0.323 e. The second kappa shape index (κ2) is 57.7. The molecule has 0 bridgehead atoms. The lowest BCUT2D eigenvalue weighted by Gasteiger charge is -2.40. The number of rotatable bonds is 56. The summed E-state index contributed by atoms with van der Waals surface area (Å²) in [6.45, 7) is 11.9. The molecule has 3 fully saturated rings. The summed E-state index contributed by atoms with van der Waals surface area (Å²) >= 11 is 0. The van der Waals surface area contributed by atoms with E-state index in [1.54, 1.807) is 121 Å². The van der Waals surface area contributed by atoms with Gasteiger partial charge >= 0.3 is 5.97 Å². The van der Waals surface area contributed by atoms with Crippen LogP contribution in [0.4, 0.5) is 0 Å². The van der Waals surface area contributed by atoms with Gasteiger partial charge in [-0.05, 0) is 193 Å². The molecule has 0 unspecified atom stereocenters. The zero-order chi connectivity index (χ0) is 105. The summed E-state index contributed by atoms with van der Waals surface area (Å²) in [4.78, 5) is 224. The fourth-order valence-corrected chi connectivity index (χ4v) is 18.4. The number of nitrogens with one attached hydrogen (secondary N) is 11. The molecule has 37 heteroatoms. The van der Waals surface area contributed by atoms with Crippen LogP contribution in [0.1, 0.15) is 190 Å². The predicted molar refractivity (Wildman–Crippen MR) is 553 cm³/mol. The van der Waals surface area contributed by atoms with Gasteiger partial charge in [0.2, 0.25) is 82.7 Å². The molecule has 6 aromatic carbocycles. The van der Waals surface area contributed by atoms with Crippen LogP contribution in [0, 0.1) is 17.8 Å². The number of nitrogens with two attached hydrogens (primary N) is 7. The molecule has 14 amide bonds. The fraction of sp³-hybridized carbons (Fsp3) is 0.528. The first-order chi connectivity index (χ1) is 69.3. The van der Waals surface area contributed by atoms with Crippen LogP contribution in [-0.2, 0) is 110 Å². The predicted octanol–water partition coefficient (Wildman–Crippen LogP) is 2.67. The SMILES string of the molecule is CC(C)C[C@@H](NC(=O)[C@@H](Cc1ccccc1)NC(=O)[C@H](N)Cc1ccccc1)C(=O)N[C@H](CCCCN)C(=O)N1CCC(N)(C(=O)N[C@H](Cc2ccccc2)C(=O)N[C@H](Cc2ccccc2)C(=O)N[C@H](CC(C)C)C(=O)N[C@H](CCCCN)C(=O)N2CCC(N)(C(=O)N[C@H](Cc3ccccc3)C(=O)N[C@H](Cc3ccccc3)C(=O)N[C@H](CC(C)C)C(=O)N[C@H](CCCCN)C(=O)N3CCC(N)(C(=O)O)CC3)CC2)CC1. The van der Waals surface area contributed by atoms with Crippen molar-refractivity contribution >= 4 is 88.7 Å². The maximum absolute atomic E-state index is 15.3. The largest absolute Gasteiger partial charge is 0.480 e. The highest BCUT2D eigenvalue weighted by Crippen LogP contribution is 2.28. The molecule has 3 heterocycles. The van der Waals surface area contributed by atoms with Gasteiger partial charge in [0.05, 0.1) is 17.1 Å². The van der Waals surface area contributed by atoms with Crippen molar-refractivity contribution < 1.29 is 77.0 Å². The van der Waals surface area contributed by atoms with Crippen LogP contribution < -0.4 is 98.6 Å². The van der Waals surface area contributed by atoms with Gasteiger partial charge < -0.3 is 118 Å². The van der Waals surface area contributed by atoms with Crippen LogP contribution in [0.25, 0.3) is 0 Å². The van der Waals surface area contributed by atoms with Crippen molar-refractivity contribution in [2.24, 2.45) is 57.9 Å². The first-order valence-electron chi connectivity index (χ1n) is 51.2. The van der Waals surface area contributed by atoms with Crippen LogP contribution in [0.15, 0.2) is 182 Å². The van der Waals surface area contributed by atoms with E-state index in [-0.39, 0.29) is 179 Å². The van der Waals surface area contributed by atoms with Crippen LogP contribution in [0.2, 0.25) is 0 Å². The van der Waals surface area contributed by atoms with Crippen molar-refractivity contribution in [1.29, 1.82) is 0 Å². The Labute approximate surface area is 851 Å². The third-order valence-corrected chi connectivity index (χ3v) is 27.1. The molecule has 9 rings (SSSR count). The van der Waals surface area contributed by atoms with E-state index in [1.807, 2.05) is 102 Å². The zero-order valence-electron chi connectivity index (χ0n) is 84.8. The number of benzene rings is 6. The summed E-state index contributed by atoms with van der Waals surface area (Å²) in [5, 5.41) is 41.7. The van der Waals surface area contributed by atoms with Crippen molar-refractivity contribution in [2.75, 3.05) is 58.9 Å². The van der Waals surface area contributed by atoms with Crippen LogP contribution in [0.3, 0.4) is 0 Å². The Morgan fingerprint density at radius 3 is 0.683 bits per heavy atom. The van der Waals surface area contributed by atoms with Crippen molar-refractivity contribution in [3.05, 3.63) is 215 Å². The molecule has 145 heavy (non-hydrogen) atoms. The summed E-state index contributed by atoms with van der Waals surface area (Å²) in [5.74, 6) is -10.9. The highest BCUT2D eigenvalue weighted by atomic mass is 16.4. The molecule has 3 saturated heterocycles. The molecule has 0 aliphatic carbocycles. The molecule has 0 saturated carbocycles. The highest BCUT2D eigenvalue weighted by Gasteiger charge is 2.47. The van der Waals surface area contributed by atoms with Crippen molar-refractivity contribution in [1.82, 2.24) is 73.2 Å². The Hall–Kier alpha value is -12.9. The second-order valence-corrected chi connectivity index (χ2v) is 40.3. The van der Waals surface area contributed by atoms with Gasteiger partial charge in [0.25, 0.3) is 0 Å². The molecule has 37 nitrogen and oxygen atoms in total. The molecular formula is C108H155N21O16. The lowest BCUT2D eigenvalue weighted by Crippen LogP contribution is -2.65. The lowest BCUT2D eigenvalue weighted by atomic mass is 9.86. The van der Waals surface area contributed by atoms with Gasteiger partial charge in [-0.15, -0.1) is 0 Å². The Morgan fingerprint density at radius 2 is 0.462 bits per heavy atom. The van der Waals surface area contributed by atoms with Gasteiger partial charge in [-0.3, -0.25) is 71.9 Å². The normalized spacial score (nSPS) is 16.8. The average Bonchev–Trinajstić information content (AvgIpc) is 0.811. The quantitative estimate of drug-likeness (QED) is 0.0244. The van der Waals surface area contributed by atoms with Gasteiger partial charge in [0.1, 0.15) is 72.0 Å². The number of carbonyl (C=O) groups is 15. The van der Waals surface area contributed by atoms with E-state index < -0.39 is 178 Å². The minimum Gasteiger partial charge on any atom is -0.480 e. The molecule has 3 aliphatic heterocycles. The van der Waals surface area contributed by atoms with Crippen molar-refractivity contribution in [2.45, 2.75) is 285 Å². The molecule has 0 spiro atoms. The monoisotopic (exact) mass is 2000 g/mol. The number of hydrogen-bond donors (Lipinski definition) is 19. The molecule has 788 valence electrons. The first-order valence-corrected chi connectivity index (χ1v) is 51.2. The minimum absolute atomic E-state index is 0.00408. The van der Waals surface area contributed by atoms with E-state index in [9.17, 15) is 53.1 Å². The zero-order valence-corrected chi connectivity index (χ0v) is 84.8. The Morgan fingerprint density at radius 1 is 0.269 bits per heavy atom. The maximum atomic E-state index is 15.3. The van der Waals surface area contributed by atoms with E-state index in [4.69, 9.17) is 40.1 Å². The number of amides is 14. The third kappa shape index (κ3) is 36.7. The average molecular weight is 2000 g/mol. The highest BCUT2D eigenvalue weighted by molar-refractivity contribution is 6.00. The van der Waals surface area contributed by atoms with Gasteiger partial charge in [-0.25, -0.2) is 0 Å². The number of hydrogen-bond acceptors (Lipinski definition) is 22. The molecule has 0 radical (unpaired) electrons. The van der Waals surface area contributed by atoms with E-state index in [1.165, 1.54) is 14.7 Å². The molecule has 0 aromatic heterocycles. The van der Waals surface area contributed by atoms with Crippen LogP contribution >= 0.6 is 0 Å². The van der Waals surface area contributed by atoms with Gasteiger partial charge in [-0.1, -0.05) is 224 Å². The summed E-state index contributed by atoms with van der Waals surface area (Å²) in [5.41, 5.74) is 43.8. The van der Waals surface area contributed by atoms with Gasteiger partial charge in [-0.2, -0.15) is 0 Å². The standard InChI is InChI=1S/C108H155N21O16/c1-70(2)61-83(120-95(134)86(65-74-33-15-8-16-34-74)119-91(130)79(112)64-73-31-13-7-14-32-73)92(131)116-80(43-25-28-52-109)100(139)127-55-46-106(113,47-56-127)103(142)125-89(68-77-39-21-11-22-40-77)98(137)123-87(66-75-35-17-9-18-36-75)96(135)121-84(62-71(3)4)93(132)117-81(44-26-29-53-110)101(140)128-57-48-107(114,49-58-128)104(143)126-90(69-78-41-23-12-24-42-78)99(138)124-88(67-76-37-19-10-20-38-76)97(136)122-85(63-72(5)6)94(133)118-82(45-27-30-54-111)102(141)129-59-50-108(115,51-60-129)105(144)145/h7-24,31-42,70-72,79-90H,25-30,43-69,109-115H2,1-6H3,(H,116,131)(H,117,132)(H,118,133)(H,119,130)(H,120,134)(H,121,135)(H,122,136)(H,123,137)(H,124,138)(H,125,142)(H,126,143)(H,144,145)/t79-,80-,81-,82-,83-,84-,85-,86-,87-,88-,89-,90-/m1/s1. The van der Waals surface area contributed by atoms with Crippen LogP contribution in [-0.4, -0.2) is 256 Å². The number of unbranched alkanes of at least 4 members (excludes halogenated alkanes) is 3. The molecule has 12 atom stereocenters. The molecular weight excluding hydrogens is 1850 g/mol. The number of carboxylic acids is 1. The Bertz CT molecular complexity index is 5180. The molecule has 26 N–H and O–H groups in total. The van der Waals surface area contributed by atoms with Crippen molar-refractivity contribution in [3.8, 4) is 0 Å². The van der Waals surface area contributed by atoms with E-state index in [2.05, 4.69) is 58.5 Å². The van der Waals surface area contributed by atoms with Crippen LogP contribution in [0.5, 0.6) is 0 Å². The van der Waals surface area contributed by atoms with Gasteiger partial charge in [0, 0.05) is 71.4 Å². The topological polar surface area (TPSA) is 600 Å². The van der Waals surface area contributed by atoms with Gasteiger partial charge in [0.15, 0.2) is 0 Å². The summed E-state index contributed by atoms with van der Waals surface area (Å²) < 4.78 is 0. The number of piperidine rings is 3. The summed E-state index contributed by atoms with van der Waals surface area (Å²) in [6.07, 6.45) is 3.21. The molecule has 6 aromatic rings. The summed E-state index contributed by atoms with van der Waals surface area (Å²) in [7, 11) is 0. The van der Waals surface area contributed by atoms with Crippen molar-refractivity contribution in [3.63, 3.8) is 0 Å². The van der Waals surface area contributed by atoms with E-state index in [0.29, 0.717) is 73.9 Å². The lowest BCUT2D eigenvalue weighted by molar-refractivity contribution is -0.148. The number of nitrogens with zero attached hydrogens (tertiary/aromatic N) is 3. The third-order valence-electron chi connectivity index (χ3n) is 27.1. The van der Waals surface area contributed by atoms with E-state index >= 15 is 24.0 Å². The summed E-state index contributed by atoms with van der Waals surface area (Å²) in [6, 6.07) is 39.1. The molecule has 3 aliphatic rings. The number of carboxylic acid groups (broad SMARTS) is 1. The number of aliphatic carboxylic acids is 1. The minimum atomic E-state index is -1.68.